The third-order valence-corrected chi connectivity index (χ3v) is 3.72. The third kappa shape index (κ3) is 2.62. The van der Waals surface area contributed by atoms with Crippen molar-refractivity contribution in [1.82, 2.24) is 10.6 Å². The van der Waals surface area contributed by atoms with Crippen molar-refractivity contribution in [3.63, 3.8) is 0 Å². The zero-order chi connectivity index (χ0) is 9.80. The summed E-state index contributed by atoms with van der Waals surface area (Å²) in [5.41, 5.74) is 0. The third-order valence-electron chi connectivity index (χ3n) is 2.50. The van der Waals surface area contributed by atoms with Crippen LogP contribution in [-0.4, -0.2) is 49.3 Å². The maximum atomic E-state index is 11.7. The highest BCUT2D eigenvalue weighted by atomic mass is 32.2. The smallest absolute Gasteiger partial charge is 0.234 e. The lowest BCUT2D eigenvalue weighted by Gasteiger charge is -2.23. The summed E-state index contributed by atoms with van der Waals surface area (Å²) in [5, 5.41) is 6.34. The Morgan fingerprint density at radius 2 is 2.50 bits per heavy atom. The molecule has 0 bridgehead atoms. The van der Waals surface area contributed by atoms with Crippen LogP contribution in [0.15, 0.2) is 0 Å². The molecule has 2 unspecified atom stereocenters. The molecule has 2 atom stereocenters. The second-order valence-electron chi connectivity index (χ2n) is 3.63. The summed E-state index contributed by atoms with van der Waals surface area (Å²) in [4.78, 5) is 11.7. The van der Waals surface area contributed by atoms with Crippen molar-refractivity contribution >= 4 is 17.7 Å². The van der Waals surface area contributed by atoms with Gasteiger partial charge in [-0.05, 0) is 6.42 Å². The molecule has 0 saturated carbocycles. The van der Waals surface area contributed by atoms with Gasteiger partial charge < -0.3 is 15.4 Å². The summed E-state index contributed by atoms with van der Waals surface area (Å²) in [6, 6.07) is 0.241. The molecule has 2 aliphatic rings. The van der Waals surface area contributed by atoms with Gasteiger partial charge >= 0.3 is 0 Å². The maximum Gasteiger partial charge on any atom is 0.234 e. The SMILES string of the molecule is O=C(NC1CCOC1)C1CNCCS1. The largest absolute Gasteiger partial charge is 0.379 e. The van der Waals surface area contributed by atoms with E-state index in [4.69, 9.17) is 4.74 Å². The second-order valence-corrected chi connectivity index (χ2v) is 4.94. The van der Waals surface area contributed by atoms with E-state index in [2.05, 4.69) is 10.6 Å². The van der Waals surface area contributed by atoms with Gasteiger partial charge in [0.1, 0.15) is 0 Å². The Bertz CT molecular complexity index is 201. The van der Waals surface area contributed by atoms with Crippen LogP contribution in [0, 0.1) is 0 Å². The van der Waals surface area contributed by atoms with Crippen molar-refractivity contribution in [1.29, 1.82) is 0 Å². The fourth-order valence-corrected chi connectivity index (χ4v) is 2.68. The van der Waals surface area contributed by atoms with Crippen LogP contribution in [0.2, 0.25) is 0 Å². The van der Waals surface area contributed by atoms with Crippen molar-refractivity contribution in [2.45, 2.75) is 17.7 Å². The van der Waals surface area contributed by atoms with Gasteiger partial charge in [-0.15, -0.1) is 11.8 Å². The summed E-state index contributed by atoms with van der Waals surface area (Å²) < 4.78 is 5.21. The summed E-state index contributed by atoms with van der Waals surface area (Å²) >= 11 is 1.74. The first kappa shape index (κ1) is 10.3. The maximum absolute atomic E-state index is 11.7. The zero-order valence-corrected chi connectivity index (χ0v) is 8.94. The van der Waals surface area contributed by atoms with Crippen LogP contribution in [-0.2, 0) is 9.53 Å². The predicted octanol–water partition coefficient (Wildman–Crippen LogP) is -0.404. The number of amides is 1. The van der Waals surface area contributed by atoms with E-state index >= 15 is 0 Å². The lowest BCUT2D eigenvalue weighted by molar-refractivity contribution is -0.121. The van der Waals surface area contributed by atoms with Crippen LogP contribution in [0.5, 0.6) is 0 Å². The Kier molecular flexibility index (Phi) is 3.67. The number of carbonyl (C=O) groups is 1. The molecule has 5 heteroatoms. The van der Waals surface area contributed by atoms with Gasteiger partial charge in [-0.25, -0.2) is 0 Å². The number of rotatable bonds is 2. The van der Waals surface area contributed by atoms with Gasteiger partial charge in [0, 0.05) is 25.4 Å². The normalized spacial score (nSPS) is 32.9. The van der Waals surface area contributed by atoms with Crippen LogP contribution in [0.1, 0.15) is 6.42 Å². The molecule has 80 valence electrons. The van der Waals surface area contributed by atoms with Crippen LogP contribution < -0.4 is 10.6 Å². The molecule has 0 radical (unpaired) electrons. The topological polar surface area (TPSA) is 50.4 Å². The van der Waals surface area contributed by atoms with Crippen molar-refractivity contribution in [3.8, 4) is 0 Å². The van der Waals surface area contributed by atoms with E-state index in [-0.39, 0.29) is 17.2 Å². The molecule has 2 rings (SSSR count). The zero-order valence-electron chi connectivity index (χ0n) is 8.12. The number of hydrogen-bond acceptors (Lipinski definition) is 4. The Labute approximate surface area is 88.1 Å². The van der Waals surface area contributed by atoms with Gasteiger partial charge in [0.15, 0.2) is 0 Å². The molecule has 0 aromatic rings. The molecule has 4 nitrogen and oxygen atoms in total. The Balaban J connectivity index is 1.75. The number of carbonyl (C=O) groups excluding carboxylic acids is 1. The summed E-state index contributed by atoms with van der Waals surface area (Å²) in [7, 11) is 0. The first-order chi connectivity index (χ1) is 6.86. The lowest BCUT2D eigenvalue weighted by Crippen LogP contribution is -2.46. The number of thioether (sulfide) groups is 1. The molecule has 14 heavy (non-hydrogen) atoms. The highest BCUT2D eigenvalue weighted by molar-refractivity contribution is 8.00. The number of ether oxygens (including phenoxy) is 1. The summed E-state index contributed by atoms with van der Waals surface area (Å²) in [6.45, 7) is 3.27. The van der Waals surface area contributed by atoms with Crippen molar-refractivity contribution in [3.05, 3.63) is 0 Å². The van der Waals surface area contributed by atoms with Crippen LogP contribution in [0.3, 0.4) is 0 Å². The van der Waals surface area contributed by atoms with E-state index in [0.717, 1.165) is 31.9 Å². The van der Waals surface area contributed by atoms with Crippen molar-refractivity contribution < 1.29 is 9.53 Å². The van der Waals surface area contributed by atoms with Gasteiger partial charge in [0.25, 0.3) is 0 Å². The Hall–Kier alpha value is -0.260. The van der Waals surface area contributed by atoms with E-state index in [9.17, 15) is 4.79 Å². The first-order valence-electron chi connectivity index (χ1n) is 5.07. The van der Waals surface area contributed by atoms with Crippen LogP contribution in [0.4, 0.5) is 0 Å². The molecular formula is C9H16N2O2S. The molecule has 0 aromatic carbocycles. The predicted molar refractivity (Wildman–Crippen MR) is 56.5 cm³/mol. The van der Waals surface area contributed by atoms with Crippen molar-refractivity contribution in [2.75, 3.05) is 32.1 Å². The fraction of sp³-hybridized carbons (Fsp3) is 0.889. The average molecular weight is 216 g/mol. The second kappa shape index (κ2) is 5.00. The van der Waals surface area contributed by atoms with E-state index in [0.29, 0.717) is 6.61 Å². The average Bonchev–Trinajstić information content (AvgIpc) is 2.72. The molecule has 0 aromatic heterocycles. The molecule has 2 fully saturated rings. The van der Waals surface area contributed by atoms with Gasteiger partial charge in [-0.3, -0.25) is 4.79 Å². The van der Waals surface area contributed by atoms with E-state index in [1.165, 1.54) is 0 Å². The minimum atomic E-state index is 0.0874. The first-order valence-corrected chi connectivity index (χ1v) is 6.11. The Morgan fingerprint density at radius 3 is 3.14 bits per heavy atom. The lowest BCUT2D eigenvalue weighted by atomic mass is 10.2. The molecular weight excluding hydrogens is 200 g/mol. The monoisotopic (exact) mass is 216 g/mol. The molecule has 2 heterocycles. The highest BCUT2D eigenvalue weighted by Gasteiger charge is 2.25. The minimum absolute atomic E-state index is 0.0874. The van der Waals surface area contributed by atoms with Gasteiger partial charge in [0.2, 0.25) is 5.91 Å². The molecule has 0 spiro atoms. The van der Waals surface area contributed by atoms with E-state index in [1.807, 2.05) is 0 Å². The van der Waals surface area contributed by atoms with Gasteiger partial charge in [-0.1, -0.05) is 0 Å². The number of hydrogen-bond donors (Lipinski definition) is 2. The minimum Gasteiger partial charge on any atom is -0.379 e. The van der Waals surface area contributed by atoms with E-state index < -0.39 is 0 Å². The quantitative estimate of drug-likeness (QED) is 0.659. The van der Waals surface area contributed by atoms with Gasteiger partial charge in [0.05, 0.1) is 17.9 Å². The summed E-state index contributed by atoms with van der Waals surface area (Å²) in [6.07, 6.45) is 0.955. The standard InChI is InChI=1S/C9H16N2O2S/c12-9(8-5-10-2-4-14-8)11-7-1-3-13-6-7/h7-8,10H,1-6H2,(H,11,12). The van der Waals surface area contributed by atoms with Crippen molar-refractivity contribution in [2.24, 2.45) is 0 Å². The highest BCUT2D eigenvalue weighted by Crippen LogP contribution is 2.14. The summed E-state index contributed by atoms with van der Waals surface area (Å²) in [5.74, 6) is 1.19. The van der Waals surface area contributed by atoms with Gasteiger partial charge in [-0.2, -0.15) is 0 Å². The van der Waals surface area contributed by atoms with Crippen LogP contribution >= 0.6 is 11.8 Å². The van der Waals surface area contributed by atoms with Crippen LogP contribution in [0.25, 0.3) is 0 Å². The van der Waals surface area contributed by atoms with E-state index in [1.54, 1.807) is 11.8 Å². The molecule has 2 N–H and O–H groups in total. The Morgan fingerprint density at radius 1 is 1.57 bits per heavy atom. The molecule has 2 aliphatic heterocycles. The fourth-order valence-electron chi connectivity index (χ4n) is 1.68. The molecule has 2 saturated heterocycles. The molecule has 1 amide bonds. The number of nitrogens with one attached hydrogen (secondary N) is 2. The molecule has 0 aliphatic carbocycles.